The number of nitrogens with one attached hydrogen (secondary N) is 1. The number of aliphatic hydroxyl groups is 1. The van der Waals surface area contributed by atoms with Gasteiger partial charge in [-0.25, -0.2) is 0 Å². The summed E-state index contributed by atoms with van der Waals surface area (Å²) in [5.74, 6) is 0.396. The Kier molecular flexibility index (Phi) is 5.17. The molecule has 2 aromatic rings. The fourth-order valence-corrected chi connectivity index (χ4v) is 2.05. The first kappa shape index (κ1) is 16.0. The highest BCUT2D eigenvalue weighted by molar-refractivity contribution is 5.79. The second kappa shape index (κ2) is 7.09. The smallest absolute Gasteiger partial charge is 0.258 e. The van der Waals surface area contributed by atoms with E-state index in [2.05, 4.69) is 5.32 Å². The largest absolute Gasteiger partial charge is 0.483 e. The molecule has 0 spiro atoms. The van der Waals surface area contributed by atoms with Crippen LogP contribution in [0.5, 0.6) is 5.75 Å². The van der Waals surface area contributed by atoms with Crippen LogP contribution in [0.25, 0.3) is 11.1 Å². The number of benzene rings is 2. The van der Waals surface area contributed by atoms with E-state index in [1.54, 1.807) is 13.8 Å². The predicted octanol–water partition coefficient (Wildman–Crippen LogP) is 2.62. The average molecular weight is 299 g/mol. The van der Waals surface area contributed by atoms with Crippen molar-refractivity contribution in [3.63, 3.8) is 0 Å². The summed E-state index contributed by atoms with van der Waals surface area (Å²) >= 11 is 0. The minimum Gasteiger partial charge on any atom is -0.483 e. The lowest BCUT2D eigenvalue weighted by atomic mass is 10.1. The van der Waals surface area contributed by atoms with Crippen LogP contribution in [-0.2, 0) is 4.79 Å². The van der Waals surface area contributed by atoms with Crippen molar-refractivity contribution in [1.29, 1.82) is 0 Å². The molecule has 0 saturated carbocycles. The van der Waals surface area contributed by atoms with Crippen LogP contribution in [0, 0.1) is 0 Å². The molecule has 0 aliphatic rings. The van der Waals surface area contributed by atoms with Gasteiger partial charge in [-0.15, -0.1) is 0 Å². The van der Waals surface area contributed by atoms with Crippen molar-refractivity contribution in [2.45, 2.75) is 19.4 Å². The highest BCUT2D eigenvalue weighted by Crippen LogP contribution is 2.29. The van der Waals surface area contributed by atoms with E-state index in [0.717, 1.165) is 11.1 Å². The molecule has 2 rings (SSSR count). The number of aliphatic hydroxyl groups excluding tert-OH is 1. The Bertz CT molecular complexity index is 623. The number of para-hydroxylation sites is 1. The summed E-state index contributed by atoms with van der Waals surface area (Å²) in [6, 6.07) is 17.5. The van der Waals surface area contributed by atoms with E-state index in [-0.39, 0.29) is 19.1 Å². The van der Waals surface area contributed by atoms with Crippen molar-refractivity contribution in [3.8, 4) is 16.9 Å². The minimum atomic E-state index is -0.653. The number of hydrogen-bond acceptors (Lipinski definition) is 3. The lowest BCUT2D eigenvalue weighted by Gasteiger charge is -2.23. The van der Waals surface area contributed by atoms with Crippen molar-refractivity contribution >= 4 is 5.91 Å². The number of ether oxygens (including phenoxy) is 1. The van der Waals surface area contributed by atoms with Crippen LogP contribution >= 0.6 is 0 Å². The molecular weight excluding hydrogens is 278 g/mol. The van der Waals surface area contributed by atoms with Gasteiger partial charge in [-0.05, 0) is 25.5 Å². The molecule has 4 heteroatoms. The topological polar surface area (TPSA) is 58.6 Å². The number of amides is 1. The Morgan fingerprint density at radius 2 is 1.73 bits per heavy atom. The predicted molar refractivity (Wildman–Crippen MR) is 86.7 cm³/mol. The van der Waals surface area contributed by atoms with Crippen LogP contribution in [0.2, 0.25) is 0 Å². The normalized spacial score (nSPS) is 11.0. The van der Waals surface area contributed by atoms with Gasteiger partial charge in [-0.1, -0.05) is 48.5 Å². The van der Waals surface area contributed by atoms with Gasteiger partial charge in [0, 0.05) is 5.56 Å². The molecule has 116 valence electrons. The number of carbonyl (C=O) groups is 1. The third-order valence-electron chi connectivity index (χ3n) is 3.20. The molecule has 1 amide bonds. The molecule has 0 heterocycles. The Morgan fingerprint density at radius 1 is 1.09 bits per heavy atom. The van der Waals surface area contributed by atoms with Gasteiger partial charge in [0.05, 0.1) is 12.1 Å². The van der Waals surface area contributed by atoms with Crippen LogP contribution in [0.4, 0.5) is 0 Å². The van der Waals surface area contributed by atoms with Gasteiger partial charge >= 0.3 is 0 Å². The van der Waals surface area contributed by atoms with Crippen LogP contribution in [0.3, 0.4) is 0 Å². The van der Waals surface area contributed by atoms with Crippen LogP contribution in [-0.4, -0.2) is 29.8 Å². The molecule has 0 aliphatic heterocycles. The van der Waals surface area contributed by atoms with E-state index in [0.29, 0.717) is 5.75 Å². The Balaban J connectivity index is 2.07. The first-order chi connectivity index (χ1) is 10.5. The molecule has 0 aromatic heterocycles. The molecule has 0 saturated heterocycles. The zero-order valence-electron chi connectivity index (χ0n) is 12.9. The molecule has 2 N–H and O–H groups in total. The molecule has 2 aromatic carbocycles. The maximum atomic E-state index is 11.9. The molecule has 0 radical (unpaired) electrons. The summed E-state index contributed by atoms with van der Waals surface area (Å²) in [6.45, 7) is 3.29. The molecule has 0 aliphatic carbocycles. The number of carbonyl (C=O) groups excluding carboxylic acids is 1. The zero-order valence-corrected chi connectivity index (χ0v) is 12.9. The Labute approximate surface area is 130 Å². The second-order valence-electron chi connectivity index (χ2n) is 5.74. The third kappa shape index (κ3) is 4.33. The number of hydrogen-bond donors (Lipinski definition) is 2. The summed E-state index contributed by atoms with van der Waals surface area (Å²) < 4.78 is 5.65. The van der Waals surface area contributed by atoms with Gasteiger partial charge in [-0.2, -0.15) is 0 Å². The first-order valence-corrected chi connectivity index (χ1v) is 7.21. The maximum absolute atomic E-state index is 11.9. The quantitative estimate of drug-likeness (QED) is 0.862. The molecule has 0 unspecified atom stereocenters. The van der Waals surface area contributed by atoms with Crippen LogP contribution < -0.4 is 10.1 Å². The van der Waals surface area contributed by atoms with E-state index in [9.17, 15) is 4.79 Å². The summed E-state index contributed by atoms with van der Waals surface area (Å²) in [5, 5.41) is 11.9. The monoisotopic (exact) mass is 299 g/mol. The fourth-order valence-electron chi connectivity index (χ4n) is 2.05. The first-order valence-electron chi connectivity index (χ1n) is 7.21. The molecule has 0 atom stereocenters. The molecule has 0 bridgehead atoms. The summed E-state index contributed by atoms with van der Waals surface area (Å²) in [5.41, 5.74) is 1.32. The number of rotatable bonds is 6. The third-order valence-corrected chi connectivity index (χ3v) is 3.20. The molecule has 0 fully saturated rings. The van der Waals surface area contributed by atoms with Crippen molar-refractivity contribution in [2.24, 2.45) is 0 Å². The zero-order chi connectivity index (χ0) is 16.0. The van der Waals surface area contributed by atoms with Gasteiger partial charge < -0.3 is 15.2 Å². The van der Waals surface area contributed by atoms with E-state index < -0.39 is 5.54 Å². The summed E-state index contributed by atoms with van der Waals surface area (Å²) in [7, 11) is 0. The van der Waals surface area contributed by atoms with Gasteiger partial charge in [0.1, 0.15) is 5.75 Å². The van der Waals surface area contributed by atoms with Crippen LogP contribution in [0.1, 0.15) is 13.8 Å². The lowest BCUT2D eigenvalue weighted by Crippen LogP contribution is -2.48. The van der Waals surface area contributed by atoms with Gasteiger partial charge in [0.15, 0.2) is 6.61 Å². The van der Waals surface area contributed by atoms with E-state index in [1.165, 1.54) is 0 Å². The fraction of sp³-hybridized carbons (Fsp3) is 0.278. The second-order valence-corrected chi connectivity index (χ2v) is 5.74. The standard InChI is InChI=1S/C18H21NO3/c1-18(2,13-20)19-17(21)12-22-16-11-7-6-10-15(16)14-8-4-3-5-9-14/h3-11,20H,12-13H2,1-2H3,(H,19,21). The Morgan fingerprint density at radius 3 is 2.41 bits per heavy atom. The van der Waals surface area contributed by atoms with Gasteiger partial charge in [0.25, 0.3) is 5.91 Å². The summed E-state index contributed by atoms with van der Waals surface area (Å²) in [6.07, 6.45) is 0. The molecular formula is C18H21NO3. The Hall–Kier alpha value is -2.33. The lowest BCUT2D eigenvalue weighted by molar-refractivity contribution is -0.125. The van der Waals surface area contributed by atoms with E-state index in [1.807, 2.05) is 54.6 Å². The van der Waals surface area contributed by atoms with E-state index >= 15 is 0 Å². The van der Waals surface area contributed by atoms with Crippen molar-refractivity contribution in [2.75, 3.05) is 13.2 Å². The molecule has 4 nitrogen and oxygen atoms in total. The van der Waals surface area contributed by atoms with Crippen molar-refractivity contribution in [3.05, 3.63) is 54.6 Å². The minimum absolute atomic E-state index is 0.0900. The molecule has 22 heavy (non-hydrogen) atoms. The highest BCUT2D eigenvalue weighted by Gasteiger charge is 2.19. The van der Waals surface area contributed by atoms with Crippen molar-refractivity contribution < 1.29 is 14.6 Å². The maximum Gasteiger partial charge on any atom is 0.258 e. The summed E-state index contributed by atoms with van der Waals surface area (Å²) in [4.78, 5) is 11.9. The van der Waals surface area contributed by atoms with E-state index in [4.69, 9.17) is 9.84 Å². The van der Waals surface area contributed by atoms with Crippen molar-refractivity contribution in [1.82, 2.24) is 5.32 Å². The van der Waals surface area contributed by atoms with Gasteiger partial charge in [0.2, 0.25) is 0 Å². The highest BCUT2D eigenvalue weighted by atomic mass is 16.5. The SMILES string of the molecule is CC(C)(CO)NC(=O)COc1ccccc1-c1ccccc1. The van der Waals surface area contributed by atoms with Crippen LogP contribution in [0.15, 0.2) is 54.6 Å². The van der Waals surface area contributed by atoms with Gasteiger partial charge in [-0.3, -0.25) is 4.79 Å². The average Bonchev–Trinajstić information content (AvgIpc) is 2.54.